The molecule has 1 atom stereocenters. The first-order valence-electron chi connectivity index (χ1n) is 4.55. The van der Waals surface area contributed by atoms with Gasteiger partial charge in [-0.25, -0.2) is 0 Å². The van der Waals surface area contributed by atoms with Gasteiger partial charge in [-0.15, -0.1) is 11.8 Å². The first-order chi connectivity index (χ1) is 6.61. The summed E-state index contributed by atoms with van der Waals surface area (Å²) < 4.78 is 9.50. The molecule has 0 radical (unpaired) electrons. The molecule has 82 valence electrons. The van der Waals surface area contributed by atoms with Crippen molar-refractivity contribution >= 4 is 23.7 Å². The van der Waals surface area contributed by atoms with Gasteiger partial charge in [0.25, 0.3) is 0 Å². The number of hydrogen-bond acceptors (Lipinski definition) is 5. The fourth-order valence-electron chi connectivity index (χ4n) is 0.723. The maximum Gasteiger partial charge on any atom is 0.318 e. The number of thioether (sulfide) groups is 1. The second-order valence-corrected chi connectivity index (χ2v) is 3.84. The van der Waals surface area contributed by atoms with Crippen molar-refractivity contribution in [3.63, 3.8) is 0 Å². The Kier molecular flexibility index (Phi) is 7.28. The van der Waals surface area contributed by atoms with E-state index in [1.54, 1.807) is 20.8 Å². The minimum Gasteiger partial charge on any atom is -0.465 e. The Balaban J connectivity index is 3.67. The Labute approximate surface area is 88.3 Å². The molecule has 0 rings (SSSR count). The van der Waals surface area contributed by atoms with Crippen LogP contribution in [0.15, 0.2) is 0 Å². The third kappa shape index (κ3) is 5.85. The maximum atomic E-state index is 11.1. The molecule has 0 aliphatic carbocycles. The van der Waals surface area contributed by atoms with Gasteiger partial charge in [0.2, 0.25) is 0 Å². The van der Waals surface area contributed by atoms with E-state index in [9.17, 15) is 9.59 Å². The highest BCUT2D eigenvalue weighted by Gasteiger charge is 2.16. The Morgan fingerprint density at radius 3 is 2.29 bits per heavy atom. The highest BCUT2D eigenvalue weighted by molar-refractivity contribution is 8.01. The lowest BCUT2D eigenvalue weighted by Gasteiger charge is -2.09. The highest BCUT2D eigenvalue weighted by Crippen LogP contribution is 2.12. The highest BCUT2D eigenvalue weighted by atomic mass is 32.2. The van der Waals surface area contributed by atoms with Crippen molar-refractivity contribution in [2.75, 3.05) is 19.0 Å². The number of ether oxygens (including phenoxy) is 2. The predicted octanol–water partition coefficient (Wildman–Crippen LogP) is 1.23. The summed E-state index contributed by atoms with van der Waals surface area (Å²) in [6, 6.07) is 0. The topological polar surface area (TPSA) is 52.6 Å². The van der Waals surface area contributed by atoms with Crippen molar-refractivity contribution in [2.24, 2.45) is 0 Å². The number of carbonyl (C=O) groups is 2. The van der Waals surface area contributed by atoms with E-state index in [2.05, 4.69) is 0 Å². The number of esters is 2. The second kappa shape index (κ2) is 7.67. The van der Waals surface area contributed by atoms with Gasteiger partial charge >= 0.3 is 11.9 Å². The zero-order valence-corrected chi connectivity index (χ0v) is 9.56. The monoisotopic (exact) mass is 220 g/mol. The molecule has 0 fully saturated rings. The van der Waals surface area contributed by atoms with Gasteiger partial charge in [-0.05, 0) is 20.8 Å². The molecule has 5 heteroatoms. The van der Waals surface area contributed by atoms with Crippen LogP contribution in [0.4, 0.5) is 0 Å². The summed E-state index contributed by atoms with van der Waals surface area (Å²) in [5.41, 5.74) is 0. The minimum atomic E-state index is -0.320. The Hall–Kier alpha value is -0.710. The third-order valence-corrected chi connectivity index (χ3v) is 2.47. The number of rotatable bonds is 6. The zero-order valence-electron chi connectivity index (χ0n) is 8.74. The molecule has 0 aromatic rings. The third-order valence-electron chi connectivity index (χ3n) is 1.38. The standard InChI is InChI=1S/C9H16O4S/c1-4-12-8(10)6-14-7(3)9(11)13-5-2/h7H,4-6H2,1-3H3/t7-/m0/s1. The molecule has 0 amide bonds. The van der Waals surface area contributed by atoms with Crippen molar-refractivity contribution in [2.45, 2.75) is 26.0 Å². The first-order valence-corrected chi connectivity index (χ1v) is 5.60. The Morgan fingerprint density at radius 2 is 1.79 bits per heavy atom. The maximum absolute atomic E-state index is 11.1. The number of hydrogen-bond donors (Lipinski definition) is 0. The molecule has 0 heterocycles. The Morgan fingerprint density at radius 1 is 1.21 bits per heavy atom. The normalized spacial score (nSPS) is 11.9. The Bertz CT molecular complexity index is 193. The summed E-state index contributed by atoms with van der Waals surface area (Å²) in [4.78, 5) is 22.1. The molecule has 0 aliphatic heterocycles. The van der Waals surface area contributed by atoms with Gasteiger partial charge in [-0.3, -0.25) is 9.59 Å². The average Bonchev–Trinajstić information content (AvgIpc) is 2.15. The molecular weight excluding hydrogens is 204 g/mol. The van der Waals surface area contributed by atoms with Crippen LogP contribution in [0.25, 0.3) is 0 Å². The summed E-state index contributed by atoms with van der Waals surface area (Å²) in [6.07, 6.45) is 0. The van der Waals surface area contributed by atoms with E-state index in [1.165, 1.54) is 11.8 Å². The molecule has 0 aliphatic rings. The van der Waals surface area contributed by atoms with Crippen molar-refractivity contribution < 1.29 is 19.1 Å². The summed E-state index contributed by atoms with van der Waals surface area (Å²) >= 11 is 1.22. The van der Waals surface area contributed by atoms with Crippen LogP contribution in [0.5, 0.6) is 0 Å². The summed E-state index contributed by atoms with van der Waals surface area (Å²) in [5, 5.41) is -0.320. The molecule has 0 spiro atoms. The van der Waals surface area contributed by atoms with Gasteiger partial charge in [0.15, 0.2) is 0 Å². The van der Waals surface area contributed by atoms with Crippen LogP contribution in [0.2, 0.25) is 0 Å². The van der Waals surface area contributed by atoms with Crippen LogP contribution in [-0.4, -0.2) is 36.2 Å². The van der Waals surface area contributed by atoms with Gasteiger partial charge in [0, 0.05) is 0 Å². The lowest BCUT2D eigenvalue weighted by Crippen LogP contribution is -2.19. The van der Waals surface area contributed by atoms with E-state index in [4.69, 9.17) is 9.47 Å². The molecule has 0 N–H and O–H groups in total. The van der Waals surface area contributed by atoms with Crippen molar-refractivity contribution in [1.29, 1.82) is 0 Å². The molecule has 0 saturated heterocycles. The largest absolute Gasteiger partial charge is 0.465 e. The van der Waals surface area contributed by atoms with Gasteiger partial charge < -0.3 is 9.47 Å². The summed E-state index contributed by atoms with van der Waals surface area (Å²) in [5.74, 6) is -0.399. The summed E-state index contributed by atoms with van der Waals surface area (Å²) in [7, 11) is 0. The molecule has 0 aromatic heterocycles. The van der Waals surface area contributed by atoms with Crippen LogP contribution in [0.3, 0.4) is 0 Å². The molecular formula is C9H16O4S. The van der Waals surface area contributed by atoms with Crippen LogP contribution in [-0.2, 0) is 19.1 Å². The van der Waals surface area contributed by atoms with Crippen LogP contribution < -0.4 is 0 Å². The first kappa shape index (κ1) is 13.3. The SMILES string of the molecule is CCOC(=O)CS[C@@H](C)C(=O)OCC. The molecule has 4 nitrogen and oxygen atoms in total. The fraction of sp³-hybridized carbons (Fsp3) is 0.778. The quantitative estimate of drug-likeness (QED) is 0.630. The second-order valence-electron chi connectivity index (χ2n) is 2.51. The van der Waals surface area contributed by atoms with Gasteiger partial charge in [-0.2, -0.15) is 0 Å². The lowest BCUT2D eigenvalue weighted by molar-refractivity contribution is -0.142. The molecule has 0 saturated carbocycles. The van der Waals surface area contributed by atoms with Crippen LogP contribution in [0, 0.1) is 0 Å². The molecule has 14 heavy (non-hydrogen) atoms. The smallest absolute Gasteiger partial charge is 0.318 e. The van der Waals surface area contributed by atoms with Crippen molar-refractivity contribution in [3.05, 3.63) is 0 Å². The molecule has 0 aromatic carbocycles. The predicted molar refractivity (Wildman–Crippen MR) is 55.2 cm³/mol. The van der Waals surface area contributed by atoms with Crippen LogP contribution in [0.1, 0.15) is 20.8 Å². The van der Waals surface area contributed by atoms with E-state index in [1.807, 2.05) is 0 Å². The molecule has 0 bridgehead atoms. The average molecular weight is 220 g/mol. The van der Waals surface area contributed by atoms with Crippen LogP contribution >= 0.6 is 11.8 Å². The number of carbonyl (C=O) groups excluding carboxylic acids is 2. The van der Waals surface area contributed by atoms with Crippen molar-refractivity contribution in [3.8, 4) is 0 Å². The van der Waals surface area contributed by atoms with E-state index < -0.39 is 0 Å². The van der Waals surface area contributed by atoms with E-state index >= 15 is 0 Å². The van der Waals surface area contributed by atoms with Gasteiger partial charge in [0.05, 0.1) is 19.0 Å². The lowest BCUT2D eigenvalue weighted by atomic mass is 10.5. The van der Waals surface area contributed by atoms with Crippen molar-refractivity contribution in [1.82, 2.24) is 0 Å². The minimum absolute atomic E-state index is 0.188. The summed E-state index contributed by atoms with van der Waals surface area (Å²) in [6.45, 7) is 5.94. The van der Waals surface area contributed by atoms with E-state index in [-0.39, 0.29) is 22.9 Å². The van der Waals surface area contributed by atoms with E-state index in [0.29, 0.717) is 13.2 Å². The van der Waals surface area contributed by atoms with E-state index in [0.717, 1.165) is 0 Å². The van der Waals surface area contributed by atoms with Gasteiger partial charge in [0.1, 0.15) is 5.25 Å². The van der Waals surface area contributed by atoms with Gasteiger partial charge in [-0.1, -0.05) is 0 Å². The zero-order chi connectivity index (χ0) is 11.0. The molecule has 0 unspecified atom stereocenters. The fourth-order valence-corrected chi connectivity index (χ4v) is 1.40.